The fourth-order valence-electron chi connectivity index (χ4n) is 1.87. The van der Waals surface area contributed by atoms with Crippen LogP contribution in [0.15, 0.2) is 61.3 Å². The molecule has 0 amide bonds. The number of nitrogens with two attached hydrogens (primary N) is 1. The number of benzene rings is 2. The molecule has 0 atom stereocenters. The van der Waals surface area contributed by atoms with Gasteiger partial charge in [0.05, 0.1) is 16.6 Å². The maximum Gasteiger partial charge on any atom is 1.00 e. The van der Waals surface area contributed by atoms with Gasteiger partial charge >= 0.3 is 64.8 Å². The molecule has 0 unspecified atom stereocenters. The van der Waals surface area contributed by atoms with Crippen LogP contribution in [-0.2, 0) is 40.5 Å². The van der Waals surface area contributed by atoms with Crippen LogP contribution in [0, 0.1) is 15.5 Å². The Kier molecular flexibility index (Phi) is 23.0. The molecule has 5 N–H and O–H groups in total. The number of anilines is 1. The Labute approximate surface area is 272 Å². The first kappa shape index (κ1) is 47.1. The second kappa shape index (κ2) is 18.6. The van der Waals surface area contributed by atoms with Gasteiger partial charge in [-0.15, -0.1) is 17.7 Å². The predicted molar refractivity (Wildman–Crippen MR) is 116 cm³/mol. The van der Waals surface area contributed by atoms with E-state index in [2.05, 4.69) is 4.98 Å². The molecule has 0 heterocycles. The summed E-state index contributed by atoms with van der Waals surface area (Å²) in [5.74, 6) is 0. The van der Waals surface area contributed by atoms with Crippen LogP contribution < -0.4 is 77.3 Å². The van der Waals surface area contributed by atoms with E-state index in [1.807, 2.05) is 0 Å². The summed E-state index contributed by atoms with van der Waals surface area (Å²) in [4.78, 5) is 7.72. The van der Waals surface area contributed by atoms with Gasteiger partial charge in [0.15, 0.2) is 4.98 Å². The third-order valence-corrected chi connectivity index (χ3v) is 6.67. The molecule has 18 nitrogen and oxygen atoms in total. The van der Waals surface area contributed by atoms with E-state index in [1.165, 1.54) is 0 Å². The standard InChI is InChI=1S/C6H4N2O6S2.C6H7NO6S2.2ClH.HNO2.2Na/c7-8-5-3-4(15(9,10)11)1-2-6(5)16(12,13)14;7-5-3-4(14(8,9)10)1-2-6(5)15(11,12)13;;;2-1-3;;/h1-3H,(H-,9,10,11,12,13,14);1-3H,7H2,(H,8,9,10)(H,11,12,13);2*1H;(H,2,3);;/q;;;;;2*+1/p-2. The van der Waals surface area contributed by atoms with E-state index < -0.39 is 71.4 Å². The minimum atomic E-state index is -4.89. The maximum absolute atomic E-state index is 10.7. The molecule has 2 aromatic carbocycles. The van der Waals surface area contributed by atoms with E-state index in [9.17, 15) is 38.2 Å². The number of nitrogens with zero attached hydrogens (tertiary/aromatic N) is 3. The fourth-order valence-corrected chi connectivity index (χ4v) is 4.07. The van der Waals surface area contributed by atoms with Crippen LogP contribution in [0.1, 0.15) is 0 Å². The van der Waals surface area contributed by atoms with Gasteiger partial charge in [-0.3, -0.25) is 13.7 Å². The Hall–Kier alpha value is -0.720. The largest absolute Gasteiger partial charge is 1.00 e. The van der Waals surface area contributed by atoms with Crippen molar-refractivity contribution in [2.45, 2.75) is 19.6 Å². The molecule has 0 spiro atoms. The summed E-state index contributed by atoms with van der Waals surface area (Å²) < 4.78 is 122. The van der Waals surface area contributed by atoms with Crippen LogP contribution in [0.5, 0.6) is 0 Å². The Morgan fingerprint density at radius 2 is 1.13 bits per heavy atom. The number of hydrogen-bond donors (Lipinski definition) is 4. The first-order valence-corrected chi connectivity index (χ1v) is 13.1. The van der Waals surface area contributed by atoms with Gasteiger partial charge in [0, 0.05) is 0 Å². The molecule has 0 aromatic heterocycles. The quantitative estimate of drug-likeness (QED) is 0.0581. The Morgan fingerprint density at radius 1 is 0.789 bits per heavy atom. The number of hydrogen-bond acceptors (Lipinski definition) is 14. The van der Waals surface area contributed by atoms with E-state index >= 15 is 0 Å². The zero-order valence-electron chi connectivity index (χ0n) is 18.6. The monoisotopic (exact) mass is 680 g/mol. The van der Waals surface area contributed by atoms with Crippen molar-refractivity contribution in [2.75, 3.05) is 5.73 Å². The van der Waals surface area contributed by atoms with Crippen molar-refractivity contribution < 1.29 is 123 Å². The van der Waals surface area contributed by atoms with Crippen LogP contribution in [0.4, 0.5) is 11.4 Å². The minimum Gasteiger partial charge on any atom is -1.00 e. The average Bonchev–Trinajstić information content (AvgIpc) is 2.65. The number of nitrogen functional groups attached to an aromatic ring is 1. The van der Waals surface area contributed by atoms with E-state index in [1.54, 1.807) is 0 Å². The van der Waals surface area contributed by atoms with Crippen molar-refractivity contribution in [3.05, 3.63) is 51.5 Å². The predicted octanol–water partition coefficient (Wildman–Crippen LogP) is -8.23. The van der Waals surface area contributed by atoms with Crippen molar-refractivity contribution >= 4 is 64.3 Å². The molecule has 0 radical (unpaired) electrons. The van der Waals surface area contributed by atoms with Gasteiger partial charge in [-0.2, -0.15) is 25.3 Å². The summed E-state index contributed by atoms with van der Waals surface area (Å²) in [6.07, 6.45) is 0. The molecule has 2 rings (SSSR count). The van der Waals surface area contributed by atoms with Gasteiger partial charge in [-0.25, -0.2) is 8.42 Å². The van der Waals surface area contributed by atoms with Gasteiger partial charge in [0.2, 0.25) is 5.39 Å². The Bertz CT molecular complexity index is 1560. The molecule has 0 aliphatic carbocycles. The Morgan fingerprint density at radius 3 is 1.39 bits per heavy atom. The Balaban J connectivity index is -0.000000158. The number of diazo groups is 1. The van der Waals surface area contributed by atoms with Crippen LogP contribution in [0.2, 0.25) is 0 Å². The number of rotatable bonds is 4. The molecule has 26 heteroatoms. The van der Waals surface area contributed by atoms with Crippen LogP contribution in [-0.4, -0.2) is 51.9 Å². The second-order valence-electron chi connectivity index (χ2n) is 5.38. The summed E-state index contributed by atoms with van der Waals surface area (Å²) in [5.41, 5.74) is 3.97. The minimum absolute atomic E-state index is 0. The van der Waals surface area contributed by atoms with E-state index in [-0.39, 0.29) is 83.9 Å². The number of halogens is 2. The molecule has 0 saturated heterocycles. The smallest absolute Gasteiger partial charge is 1.00 e. The third-order valence-electron chi connectivity index (χ3n) is 3.16. The van der Waals surface area contributed by atoms with Crippen molar-refractivity contribution in [3.8, 4) is 0 Å². The van der Waals surface area contributed by atoms with E-state index in [4.69, 9.17) is 34.9 Å². The zero-order chi connectivity index (χ0) is 27.1. The molecule has 0 bridgehead atoms. The summed E-state index contributed by atoms with van der Waals surface area (Å²) in [6.45, 7) is 0. The summed E-state index contributed by atoms with van der Waals surface area (Å²) in [7, 11) is -18.4. The summed E-state index contributed by atoms with van der Waals surface area (Å²) in [5, 5.41) is 17.4. The van der Waals surface area contributed by atoms with Gasteiger partial charge in [-0.05, 0) is 30.3 Å². The molecule has 2 aromatic rings. The van der Waals surface area contributed by atoms with Crippen LogP contribution in [0.25, 0.3) is 4.98 Å². The van der Waals surface area contributed by atoms with Gasteiger partial charge in [0.25, 0.3) is 30.4 Å². The maximum atomic E-state index is 10.7. The summed E-state index contributed by atoms with van der Waals surface area (Å²) in [6, 6.07) is 4.22. The normalized spacial score (nSPS) is 10.4. The van der Waals surface area contributed by atoms with Gasteiger partial charge < -0.3 is 32.8 Å². The van der Waals surface area contributed by atoms with E-state index in [0.717, 1.165) is 23.5 Å². The third kappa shape index (κ3) is 15.8. The molecular weight excluding hydrogens is 669 g/mol. The van der Waals surface area contributed by atoms with Crippen molar-refractivity contribution in [3.63, 3.8) is 0 Å². The van der Waals surface area contributed by atoms with Crippen LogP contribution >= 0.6 is 12.4 Å². The molecule has 0 saturated carbocycles. The molecule has 0 aliphatic heterocycles. The first-order chi connectivity index (χ1) is 15.2. The van der Waals surface area contributed by atoms with Crippen molar-refractivity contribution in [1.29, 1.82) is 5.39 Å². The average molecular weight is 681 g/mol. The van der Waals surface area contributed by atoms with E-state index in [0.29, 0.717) is 18.2 Å². The van der Waals surface area contributed by atoms with Crippen molar-refractivity contribution in [2.24, 2.45) is 5.34 Å². The molecule has 0 aliphatic rings. The summed E-state index contributed by atoms with van der Waals surface area (Å²) >= 11 is 0. The first-order valence-electron chi connectivity index (χ1n) is 7.42. The van der Waals surface area contributed by atoms with Gasteiger partial charge in [0.1, 0.15) is 24.8 Å². The molecule has 38 heavy (non-hydrogen) atoms. The molecule has 0 fully saturated rings. The SMILES string of the molecule is Cl.N#[N+]c1cc(S(=O)(=O)O)ccc1S(=O)(=O)[O-].Nc1cc(S(=O)(=O)O)ccc1S(=O)(=O)O.O=N[O-].[Cl-].[Na+].[Na+]. The van der Waals surface area contributed by atoms with Gasteiger partial charge in [-0.1, -0.05) is 0 Å². The fraction of sp³-hybridized carbons (Fsp3) is 0. The zero-order valence-corrected chi connectivity index (χ0v) is 27.5. The molecule has 204 valence electrons. The topological polar surface area (TPSA) is 327 Å². The van der Waals surface area contributed by atoms with Crippen molar-refractivity contribution in [1.82, 2.24) is 0 Å². The second-order valence-corrected chi connectivity index (χ2v) is 11.0. The molecular formula is C12H12Cl2N4Na2O14S4. The van der Waals surface area contributed by atoms with Crippen LogP contribution in [0.3, 0.4) is 0 Å².